The summed E-state index contributed by atoms with van der Waals surface area (Å²) in [4.78, 5) is 0. The molecule has 0 saturated carbocycles. The normalized spacial score (nSPS) is 9.40. The average Bonchev–Trinajstić information content (AvgIpc) is 2.09. The van der Waals surface area contributed by atoms with Gasteiger partial charge in [-0.25, -0.2) is 0 Å². The Hall–Kier alpha value is -1.30. The molecule has 1 aromatic rings. The fourth-order valence-electron chi connectivity index (χ4n) is 0.920. The number of hydrogen-bond donors (Lipinski definition) is 0. The van der Waals surface area contributed by atoms with Gasteiger partial charge in [-0.1, -0.05) is 0 Å². The molecule has 3 nitrogen and oxygen atoms in total. The third kappa shape index (κ3) is 0.781. The molecular formula is C7H9N3. The van der Waals surface area contributed by atoms with E-state index in [1.807, 2.05) is 13.8 Å². The number of nitrogens with zero attached hydrogens (tertiary/aromatic N) is 3. The molecule has 0 radical (unpaired) electrons. The van der Waals surface area contributed by atoms with E-state index in [2.05, 4.69) is 11.2 Å². The summed E-state index contributed by atoms with van der Waals surface area (Å²) in [5, 5.41) is 12.7. The molecule has 1 aromatic heterocycles. The SMILES string of the molecule is Cc1nn(C)c(C#N)c1C. The lowest BCUT2D eigenvalue weighted by atomic mass is 10.2. The zero-order valence-corrected chi connectivity index (χ0v) is 6.34. The van der Waals surface area contributed by atoms with Crippen molar-refractivity contribution < 1.29 is 0 Å². The number of aryl methyl sites for hydroxylation is 2. The minimum absolute atomic E-state index is 0.650. The number of hydrogen-bond acceptors (Lipinski definition) is 2. The Labute approximate surface area is 59.9 Å². The van der Waals surface area contributed by atoms with Gasteiger partial charge in [0.2, 0.25) is 0 Å². The molecule has 3 heteroatoms. The van der Waals surface area contributed by atoms with Gasteiger partial charge in [-0.05, 0) is 13.8 Å². The van der Waals surface area contributed by atoms with Crippen molar-refractivity contribution in [1.82, 2.24) is 9.78 Å². The highest BCUT2D eigenvalue weighted by Crippen LogP contribution is 2.08. The highest BCUT2D eigenvalue weighted by molar-refractivity contribution is 5.33. The van der Waals surface area contributed by atoms with Crippen LogP contribution in [0.5, 0.6) is 0 Å². The predicted molar refractivity (Wildman–Crippen MR) is 37.4 cm³/mol. The smallest absolute Gasteiger partial charge is 0.141 e. The molecule has 0 N–H and O–H groups in total. The summed E-state index contributed by atoms with van der Waals surface area (Å²) in [6.45, 7) is 3.80. The van der Waals surface area contributed by atoms with Crippen molar-refractivity contribution in [2.75, 3.05) is 0 Å². The Morgan fingerprint density at radius 2 is 2.10 bits per heavy atom. The summed E-state index contributed by atoms with van der Waals surface area (Å²) in [5.41, 5.74) is 2.56. The highest BCUT2D eigenvalue weighted by Gasteiger charge is 2.06. The summed E-state index contributed by atoms with van der Waals surface area (Å²) >= 11 is 0. The van der Waals surface area contributed by atoms with Crippen molar-refractivity contribution in [2.24, 2.45) is 7.05 Å². The van der Waals surface area contributed by atoms with Crippen molar-refractivity contribution in [3.05, 3.63) is 17.0 Å². The molecule has 0 saturated heterocycles. The molecule has 52 valence electrons. The van der Waals surface area contributed by atoms with Crippen molar-refractivity contribution in [2.45, 2.75) is 13.8 Å². The van der Waals surface area contributed by atoms with Crippen molar-refractivity contribution >= 4 is 0 Å². The van der Waals surface area contributed by atoms with Crippen molar-refractivity contribution in [1.29, 1.82) is 5.26 Å². The Balaban J connectivity index is 3.37. The Kier molecular flexibility index (Phi) is 1.46. The molecule has 0 aliphatic carbocycles. The van der Waals surface area contributed by atoms with Gasteiger partial charge in [0.25, 0.3) is 0 Å². The van der Waals surface area contributed by atoms with Crippen LogP contribution in [0.4, 0.5) is 0 Å². The third-order valence-corrected chi connectivity index (χ3v) is 1.63. The molecule has 1 heterocycles. The van der Waals surface area contributed by atoms with Gasteiger partial charge < -0.3 is 0 Å². The van der Waals surface area contributed by atoms with E-state index in [9.17, 15) is 0 Å². The molecule has 0 aliphatic heterocycles. The van der Waals surface area contributed by atoms with Gasteiger partial charge in [-0.15, -0.1) is 0 Å². The van der Waals surface area contributed by atoms with Gasteiger partial charge in [0, 0.05) is 12.6 Å². The van der Waals surface area contributed by atoms with E-state index in [1.165, 1.54) is 0 Å². The van der Waals surface area contributed by atoms with E-state index >= 15 is 0 Å². The van der Waals surface area contributed by atoms with Gasteiger partial charge >= 0.3 is 0 Å². The number of nitriles is 1. The summed E-state index contributed by atoms with van der Waals surface area (Å²) in [5.74, 6) is 0. The fourth-order valence-corrected chi connectivity index (χ4v) is 0.920. The summed E-state index contributed by atoms with van der Waals surface area (Å²) in [7, 11) is 1.78. The standard InChI is InChI=1S/C7H9N3/c1-5-6(2)9-10(3)7(5)4-8/h1-3H3. The van der Waals surface area contributed by atoms with Crippen LogP contribution in [0, 0.1) is 25.2 Å². The first kappa shape index (κ1) is 6.81. The minimum Gasteiger partial charge on any atom is -0.257 e. The highest BCUT2D eigenvalue weighted by atomic mass is 15.3. The first-order valence-corrected chi connectivity index (χ1v) is 3.07. The zero-order chi connectivity index (χ0) is 7.72. The summed E-state index contributed by atoms with van der Waals surface area (Å²) in [6.07, 6.45) is 0. The second kappa shape index (κ2) is 2.14. The molecule has 0 spiro atoms. The maximum atomic E-state index is 8.60. The maximum Gasteiger partial charge on any atom is 0.141 e. The van der Waals surface area contributed by atoms with Gasteiger partial charge in [-0.2, -0.15) is 10.4 Å². The van der Waals surface area contributed by atoms with E-state index in [0.717, 1.165) is 11.3 Å². The van der Waals surface area contributed by atoms with Gasteiger partial charge in [0.1, 0.15) is 11.8 Å². The average molecular weight is 135 g/mol. The van der Waals surface area contributed by atoms with Crippen LogP contribution in [0.15, 0.2) is 0 Å². The monoisotopic (exact) mass is 135 g/mol. The van der Waals surface area contributed by atoms with Gasteiger partial charge in [0.05, 0.1) is 5.69 Å². The molecule has 1 rings (SSSR count). The van der Waals surface area contributed by atoms with E-state index in [-0.39, 0.29) is 0 Å². The molecule has 0 fully saturated rings. The molecule has 0 bridgehead atoms. The molecule has 0 aromatic carbocycles. The van der Waals surface area contributed by atoms with Crippen LogP contribution < -0.4 is 0 Å². The minimum atomic E-state index is 0.650. The largest absolute Gasteiger partial charge is 0.257 e. The van der Waals surface area contributed by atoms with E-state index in [4.69, 9.17) is 5.26 Å². The van der Waals surface area contributed by atoms with E-state index < -0.39 is 0 Å². The van der Waals surface area contributed by atoms with Crippen LogP contribution in [0.2, 0.25) is 0 Å². The van der Waals surface area contributed by atoms with Gasteiger partial charge in [0.15, 0.2) is 0 Å². The lowest BCUT2D eigenvalue weighted by Crippen LogP contribution is -1.93. The molecular weight excluding hydrogens is 126 g/mol. The Morgan fingerprint density at radius 3 is 2.30 bits per heavy atom. The van der Waals surface area contributed by atoms with Crippen LogP contribution in [-0.4, -0.2) is 9.78 Å². The predicted octanol–water partition coefficient (Wildman–Crippen LogP) is 0.909. The van der Waals surface area contributed by atoms with Crippen LogP contribution in [0.25, 0.3) is 0 Å². The Bertz CT molecular complexity index is 291. The topological polar surface area (TPSA) is 41.6 Å². The lowest BCUT2D eigenvalue weighted by molar-refractivity contribution is 0.745. The van der Waals surface area contributed by atoms with Crippen LogP contribution in [0.3, 0.4) is 0 Å². The summed E-state index contributed by atoms with van der Waals surface area (Å²) < 4.78 is 1.60. The third-order valence-electron chi connectivity index (χ3n) is 1.63. The van der Waals surface area contributed by atoms with Crippen LogP contribution in [0.1, 0.15) is 17.0 Å². The van der Waals surface area contributed by atoms with Crippen LogP contribution in [-0.2, 0) is 7.05 Å². The number of aromatic nitrogens is 2. The summed E-state index contributed by atoms with van der Waals surface area (Å²) in [6, 6.07) is 2.08. The van der Waals surface area contributed by atoms with Crippen molar-refractivity contribution in [3.8, 4) is 6.07 Å². The van der Waals surface area contributed by atoms with Gasteiger partial charge in [-0.3, -0.25) is 4.68 Å². The second-order valence-corrected chi connectivity index (χ2v) is 2.29. The Morgan fingerprint density at radius 1 is 1.50 bits per heavy atom. The maximum absolute atomic E-state index is 8.60. The molecule has 0 aliphatic rings. The number of rotatable bonds is 0. The molecule has 0 unspecified atom stereocenters. The molecule has 10 heavy (non-hydrogen) atoms. The van der Waals surface area contributed by atoms with Crippen LogP contribution >= 0.6 is 0 Å². The zero-order valence-electron chi connectivity index (χ0n) is 6.34. The van der Waals surface area contributed by atoms with E-state index in [1.54, 1.807) is 11.7 Å². The first-order valence-electron chi connectivity index (χ1n) is 3.07. The lowest BCUT2D eigenvalue weighted by Gasteiger charge is -1.87. The quantitative estimate of drug-likeness (QED) is 0.530. The van der Waals surface area contributed by atoms with E-state index in [0.29, 0.717) is 5.69 Å². The molecule has 0 atom stereocenters. The second-order valence-electron chi connectivity index (χ2n) is 2.29. The van der Waals surface area contributed by atoms with Crippen molar-refractivity contribution in [3.63, 3.8) is 0 Å². The molecule has 0 amide bonds. The first-order chi connectivity index (χ1) is 4.66. The fraction of sp³-hybridized carbons (Fsp3) is 0.429.